The molecule has 10 heteroatoms. The van der Waals surface area contributed by atoms with Gasteiger partial charge < -0.3 is 19.7 Å². The number of ether oxygens (including phenoxy) is 2. The molecule has 2 N–H and O–H groups in total. The van der Waals surface area contributed by atoms with Crippen LogP contribution in [0.3, 0.4) is 0 Å². The maximum Gasteiger partial charge on any atom is 0.306 e. The Morgan fingerprint density at radius 3 is 0.868 bits per heavy atom. The number of carbonyl (C=O) groups is 4. The average molecular weight is 903 g/mol. The molecule has 7 fully saturated rings. The van der Waals surface area contributed by atoms with Gasteiger partial charge in [0.05, 0.1) is 11.8 Å². The quantitative estimate of drug-likeness (QED) is 0.208. The van der Waals surface area contributed by atoms with Gasteiger partial charge >= 0.3 is 11.9 Å². The molecule has 7 saturated carbocycles. The van der Waals surface area contributed by atoms with Crippen LogP contribution in [0.2, 0.25) is 0 Å². The van der Waals surface area contributed by atoms with Crippen molar-refractivity contribution in [2.45, 2.75) is 179 Å². The van der Waals surface area contributed by atoms with Crippen LogP contribution in [0.4, 0.5) is 0 Å². The van der Waals surface area contributed by atoms with E-state index in [2.05, 4.69) is 13.8 Å². The van der Waals surface area contributed by atoms with Crippen LogP contribution in [0.1, 0.15) is 167 Å². The number of aliphatic carboxylic acids is 2. The maximum absolute atomic E-state index is 11.0. The maximum atomic E-state index is 11.0. The molecule has 306 valence electrons. The fourth-order valence-electron chi connectivity index (χ4n) is 10.1. The van der Waals surface area contributed by atoms with Crippen LogP contribution in [0.25, 0.3) is 0 Å². The van der Waals surface area contributed by atoms with Crippen LogP contribution in [0, 0.1) is 71.0 Å². The summed E-state index contributed by atoms with van der Waals surface area (Å²) in [6.07, 6.45) is 21.7. The zero-order valence-corrected chi connectivity index (χ0v) is 35.1. The fraction of sp³-hybridized carbons (Fsp3) is 0.907. The van der Waals surface area contributed by atoms with Crippen molar-refractivity contribution in [1.82, 2.24) is 0 Å². The molecule has 7 rings (SSSR count). The fourth-order valence-corrected chi connectivity index (χ4v) is 10.1. The van der Waals surface area contributed by atoms with Gasteiger partial charge in [0.1, 0.15) is 12.2 Å². The van der Waals surface area contributed by atoms with Crippen molar-refractivity contribution < 1.29 is 104 Å². The Morgan fingerprint density at radius 2 is 0.660 bits per heavy atom. The summed E-state index contributed by atoms with van der Waals surface area (Å²) in [5.41, 5.74) is 0. The molecule has 0 saturated heterocycles. The number of carboxylic acid groups (broad SMARTS) is 2. The summed E-state index contributed by atoms with van der Waals surface area (Å²) in [5.74, 6) is 5.79. The number of carboxylic acids is 2. The van der Waals surface area contributed by atoms with Gasteiger partial charge in [-0.15, -0.1) is 0 Å². The van der Waals surface area contributed by atoms with Gasteiger partial charge in [0.15, 0.2) is 0 Å². The Balaban J connectivity index is -0.000000760. The zero-order chi connectivity index (χ0) is 32.8. The molecule has 0 amide bonds. The molecule has 53 heavy (non-hydrogen) atoms. The minimum atomic E-state index is -0.612. The summed E-state index contributed by atoms with van der Waals surface area (Å²) < 4.78 is 10.1. The van der Waals surface area contributed by atoms with E-state index < -0.39 is 11.9 Å². The molecule has 0 aromatic rings. The molecule has 0 bridgehead atoms. The van der Waals surface area contributed by atoms with Gasteiger partial charge in [-0.25, -0.2) is 0 Å². The van der Waals surface area contributed by atoms with Crippen LogP contribution in [-0.2, 0) is 94.1 Å². The molecule has 6 unspecified atom stereocenters. The molecule has 6 atom stereocenters. The number of carbonyl (C=O) groups excluding carboxylic acids is 2. The average Bonchev–Trinajstić information content (AvgIpc) is 2.84. The minimum Gasteiger partial charge on any atom is -0.481 e. The van der Waals surface area contributed by atoms with Crippen molar-refractivity contribution in [3.63, 3.8) is 0 Å². The molecule has 7 aliphatic carbocycles. The third-order valence-corrected chi connectivity index (χ3v) is 13.5. The summed E-state index contributed by atoms with van der Waals surface area (Å²) in [4.78, 5) is 42.6. The van der Waals surface area contributed by atoms with Crippen molar-refractivity contribution in [3.05, 3.63) is 0 Å². The number of hydrogen-bond donors (Lipinski definition) is 2. The second kappa shape index (κ2) is 27.7. The van der Waals surface area contributed by atoms with E-state index in [0.29, 0.717) is 24.8 Å². The summed E-state index contributed by atoms with van der Waals surface area (Å²) in [6.45, 7) is 5.83. The molecule has 0 aromatic carbocycles. The molecule has 0 aromatic heterocycles. The second-order valence-corrected chi connectivity index (χ2v) is 16.8. The first-order valence-corrected chi connectivity index (χ1v) is 18.8. The van der Waals surface area contributed by atoms with Crippen LogP contribution in [0.5, 0.6) is 0 Å². The Kier molecular flexibility index (Phi) is 30.0. The van der Waals surface area contributed by atoms with Gasteiger partial charge in [0.25, 0.3) is 12.9 Å². The van der Waals surface area contributed by atoms with E-state index in [1.165, 1.54) is 64.2 Å². The Bertz CT molecular complexity index is 936. The van der Waals surface area contributed by atoms with Gasteiger partial charge in [-0.05, 0) is 149 Å². The van der Waals surface area contributed by atoms with E-state index in [-0.39, 0.29) is 127 Å². The van der Waals surface area contributed by atoms with Crippen LogP contribution in [0.15, 0.2) is 0 Å². The third-order valence-electron chi connectivity index (χ3n) is 13.5. The smallest absolute Gasteiger partial charge is 0.306 e. The molecule has 0 heterocycles. The van der Waals surface area contributed by atoms with E-state index in [9.17, 15) is 19.2 Å². The van der Waals surface area contributed by atoms with Crippen LogP contribution < -0.4 is 0 Å². The Hall–Kier alpha value is 0.0878. The first kappa shape index (κ1) is 57.4. The zero-order valence-electron chi connectivity index (χ0n) is 29.5. The van der Waals surface area contributed by atoms with Crippen LogP contribution in [-0.4, -0.2) is 47.3 Å². The SMILES string of the molecule is C.C.C.C.C.C1CCC1.CC1CC(C2CC(OC=O)C2)CC(C2CC(C(=O)O)C2)C1.CC1CC(C2CC(OC=O)C2)CC(C2CC(C(=O)O)C2)C1.[Y].[Y]. The first-order valence-electron chi connectivity index (χ1n) is 18.8. The third kappa shape index (κ3) is 16.1. The van der Waals surface area contributed by atoms with Crippen molar-refractivity contribution >= 4 is 24.9 Å². The van der Waals surface area contributed by atoms with Gasteiger partial charge in [0.2, 0.25) is 0 Å². The topological polar surface area (TPSA) is 127 Å². The van der Waals surface area contributed by atoms with Gasteiger partial charge in [-0.1, -0.05) is 76.7 Å². The molecule has 0 spiro atoms. The van der Waals surface area contributed by atoms with Crippen molar-refractivity contribution in [3.8, 4) is 0 Å². The van der Waals surface area contributed by atoms with E-state index in [1.54, 1.807) is 0 Å². The normalized spacial score (nSPS) is 38.3. The molecular formula is C43H80O8Y2. The van der Waals surface area contributed by atoms with E-state index in [1.807, 2.05) is 0 Å². The monoisotopic (exact) mass is 902 g/mol. The van der Waals surface area contributed by atoms with E-state index >= 15 is 0 Å². The number of rotatable bonds is 10. The van der Waals surface area contributed by atoms with E-state index in [0.717, 1.165) is 98.7 Å². The first-order chi connectivity index (χ1) is 22.1. The largest absolute Gasteiger partial charge is 0.481 e. The van der Waals surface area contributed by atoms with Gasteiger partial charge in [0, 0.05) is 65.4 Å². The summed E-state index contributed by atoms with van der Waals surface area (Å²) in [5, 5.41) is 18.1. The molecular weight excluding hydrogens is 822 g/mol. The summed E-state index contributed by atoms with van der Waals surface area (Å²) >= 11 is 0. The van der Waals surface area contributed by atoms with Crippen molar-refractivity contribution in [2.75, 3.05) is 0 Å². The Labute approximate surface area is 375 Å². The minimum absolute atomic E-state index is 0. The summed E-state index contributed by atoms with van der Waals surface area (Å²) in [6, 6.07) is 0. The summed E-state index contributed by atoms with van der Waals surface area (Å²) in [7, 11) is 0. The van der Waals surface area contributed by atoms with Gasteiger partial charge in [-0.3, -0.25) is 19.2 Å². The van der Waals surface area contributed by atoms with Gasteiger partial charge in [-0.2, -0.15) is 0 Å². The number of hydrogen-bond acceptors (Lipinski definition) is 6. The molecule has 0 aliphatic heterocycles. The second-order valence-electron chi connectivity index (χ2n) is 16.8. The standard InChI is InChI=1S/2C17H26O4.C4H8.5CH4.2Y/c2*1-10-2-11(13-5-15(6-13)17(19)20)4-12(3-10)14-7-16(8-14)21-9-18;1-2-4-3-1;;;;;;;/h2*9-16H,2-8H2,1H3,(H,19,20);1-4H2;5*1H4;;. The van der Waals surface area contributed by atoms with Crippen LogP contribution >= 0.6 is 0 Å². The molecule has 2 radical (unpaired) electrons. The predicted molar refractivity (Wildman–Crippen MR) is 207 cm³/mol. The Morgan fingerprint density at radius 1 is 0.434 bits per heavy atom. The molecule has 7 aliphatic rings. The van der Waals surface area contributed by atoms with E-state index in [4.69, 9.17) is 19.7 Å². The van der Waals surface area contributed by atoms with Crippen molar-refractivity contribution in [2.24, 2.45) is 71.0 Å². The predicted octanol–water partition coefficient (Wildman–Crippen LogP) is 10.9. The molecule has 8 nitrogen and oxygen atoms in total. The van der Waals surface area contributed by atoms with Crippen molar-refractivity contribution in [1.29, 1.82) is 0 Å².